The van der Waals surface area contributed by atoms with E-state index in [1.54, 1.807) is 0 Å². The van der Waals surface area contributed by atoms with Gasteiger partial charge in [-0.25, -0.2) is 0 Å². The Balaban J connectivity index is 2.54. The van der Waals surface area contributed by atoms with Crippen molar-refractivity contribution in [2.45, 2.75) is 18.9 Å². The monoisotopic (exact) mass is 174 g/mol. The predicted octanol–water partition coefficient (Wildman–Crippen LogP) is -1.07. The maximum absolute atomic E-state index is 11.3. The van der Waals surface area contributed by atoms with Gasteiger partial charge in [0.15, 0.2) is 0 Å². The second-order valence-corrected chi connectivity index (χ2v) is 3.22. The summed E-state index contributed by atoms with van der Waals surface area (Å²) in [5.41, 5.74) is 0. The van der Waals surface area contributed by atoms with Gasteiger partial charge in [0.05, 0.1) is 19.3 Å². The van der Waals surface area contributed by atoms with E-state index in [9.17, 15) is 9.90 Å². The topological polar surface area (TPSA) is 77.8 Å². The number of aliphatic hydroxyl groups excluding tert-OH is 3. The minimum atomic E-state index is -0.950. The summed E-state index contributed by atoms with van der Waals surface area (Å²) in [6, 6.07) is 0. The van der Waals surface area contributed by atoms with Gasteiger partial charge in [0, 0.05) is 11.8 Å². The predicted molar refractivity (Wildman–Crippen MR) is 41.4 cm³/mol. The zero-order chi connectivity index (χ0) is 9.14. The van der Waals surface area contributed by atoms with Crippen LogP contribution in [0, 0.1) is 11.8 Å². The first-order chi connectivity index (χ1) is 5.70. The highest BCUT2D eigenvalue weighted by atomic mass is 16.3. The van der Waals surface area contributed by atoms with Gasteiger partial charge in [0.2, 0.25) is 0 Å². The molecule has 70 valence electrons. The molecule has 0 aliphatic heterocycles. The number of ketones is 1. The summed E-state index contributed by atoms with van der Waals surface area (Å²) in [5.74, 6) is -0.901. The van der Waals surface area contributed by atoms with E-state index >= 15 is 0 Å². The van der Waals surface area contributed by atoms with Crippen molar-refractivity contribution < 1.29 is 20.1 Å². The third-order valence-electron chi connectivity index (χ3n) is 2.47. The smallest absolute Gasteiger partial charge is 0.144 e. The summed E-state index contributed by atoms with van der Waals surface area (Å²) in [4.78, 5) is 11.3. The Morgan fingerprint density at radius 1 is 1.42 bits per heavy atom. The molecule has 0 aromatic carbocycles. The van der Waals surface area contributed by atoms with Crippen LogP contribution in [0.3, 0.4) is 0 Å². The fourth-order valence-corrected chi connectivity index (χ4v) is 1.66. The molecule has 1 fully saturated rings. The summed E-state index contributed by atoms with van der Waals surface area (Å²) in [7, 11) is 0. The van der Waals surface area contributed by atoms with Gasteiger partial charge in [-0.15, -0.1) is 0 Å². The Morgan fingerprint density at radius 3 is 2.50 bits per heavy atom. The van der Waals surface area contributed by atoms with Crippen LogP contribution in [-0.2, 0) is 4.79 Å². The molecule has 1 saturated carbocycles. The lowest BCUT2D eigenvalue weighted by molar-refractivity contribution is -0.128. The van der Waals surface area contributed by atoms with Gasteiger partial charge in [-0.3, -0.25) is 4.79 Å². The van der Waals surface area contributed by atoms with E-state index in [0.717, 1.165) is 0 Å². The quantitative estimate of drug-likeness (QED) is 0.509. The molecular formula is C8H14O4. The standard InChI is InChI=1S/C8H14O4/c9-3-5-1-2-6(8(5)12)7(11)4-10/h5-7,9-11H,1-4H2/t5-,6-,7+/m1/s1. The lowest BCUT2D eigenvalue weighted by Crippen LogP contribution is -2.30. The van der Waals surface area contributed by atoms with Crippen LogP contribution in [0.2, 0.25) is 0 Å². The van der Waals surface area contributed by atoms with E-state index < -0.39 is 12.0 Å². The minimum absolute atomic E-state index is 0.112. The van der Waals surface area contributed by atoms with Crippen molar-refractivity contribution in [1.29, 1.82) is 0 Å². The molecule has 12 heavy (non-hydrogen) atoms. The molecule has 4 nitrogen and oxygen atoms in total. The van der Waals surface area contributed by atoms with Crippen LogP contribution < -0.4 is 0 Å². The van der Waals surface area contributed by atoms with Crippen molar-refractivity contribution in [2.24, 2.45) is 11.8 Å². The first-order valence-electron chi connectivity index (χ1n) is 4.14. The first kappa shape index (κ1) is 9.64. The number of carbonyl (C=O) groups is 1. The first-order valence-corrected chi connectivity index (χ1v) is 4.14. The van der Waals surface area contributed by atoms with E-state index in [1.807, 2.05) is 0 Å². The molecule has 3 atom stereocenters. The van der Waals surface area contributed by atoms with Gasteiger partial charge >= 0.3 is 0 Å². The molecule has 1 aliphatic carbocycles. The fraction of sp³-hybridized carbons (Fsp3) is 0.875. The lowest BCUT2D eigenvalue weighted by Gasteiger charge is -2.13. The number of Topliss-reactive ketones (excluding diaryl/α,β-unsaturated/α-hetero) is 1. The van der Waals surface area contributed by atoms with Crippen LogP contribution >= 0.6 is 0 Å². The number of hydrogen-bond acceptors (Lipinski definition) is 4. The number of carbonyl (C=O) groups excluding carboxylic acids is 1. The Labute approximate surface area is 70.8 Å². The Morgan fingerprint density at radius 2 is 2.08 bits per heavy atom. The van der Waals surface area contributed by atoms with Crippen LogP contribution in [-0.4, -0.2) is 40.4 Å². The van der Waals surface area contributed by atoms with E-state index in [1.165, 1.54) is 0 Å². The summed E-state index contributed by atoms with van der Waals surface area (Å²) in [5, 5.41) is 26.5. The average molecular weight is 174 g/mol. The van der Waals surface area contributed by atoms with Crippen LogP contribution in [0.5, 0.6) is 0 Å². The molecule has 0 amide bonds. The fourth-order valence-electron chi connectivity index (χ4n) is 1.66. The van der Waals surface area contributed by atoms with E-state index in [4.69, 9.17) is 10.2 Å². The van der Waals surface area contributed by atoms with Gasteiger partial charge in [-0.2, -0.15) is 0 Å². The summed E-state index contributed by atoms with van der Waals surface area (Å²) >= 11 is 0. The molecule has 0 radical (unpaired) electrons. The Hall–Kier alpha value is -0.450. The molecule has 0 heterocycles. The van der Waals surface area contributed by atoms with Gasteiger partial charge < -0.3 is 15.3 Å². The number of aliphatic hydroxyl groups is 3. The number of hydrogen-bond donors (Lipinski definition) is 3. The van der Waals surface area contributed by atoms with E-state index in [2.05, 4.69) is 0 Å². The molecule has 1 rings (SSSR count). The Kier molecular flexibility index (Phi) is 3.20. The zero-order valence-corrected chi connectivity index (χ0v) is 6.81. The van der Waals surface area contributed by atoms with Crippen LogP contribution in [0.4, 0.5) is 0 Å². The van der Waals surface area contributed by atoms with Crippen molar-refractivity contribution in [2.75, 3.05) is 13.2 Å². The molecule has 0 bridgehead atoms. The molecule has 0 saturated heterocycles. The van der Waals surface area contributed by atoms with Crippen LogP contribution in [0.15, 0.2) is 0 Å². The molecule has 1 aliphatic rings. The summed E-state index contributed by atoms with van der Waals surface area (Å²) in [6.45, 7) is -0.526. The van der Waals surface area contributed by atoms with Crippen molar-refractivity contribution in [1.82, 2.24) is 0 Å². The van der Waals surface area contributed by atoms with Crippen molar-refractivity contribution >= 4 is 5.78 Å². The highest BCUT2D eigenvalue weighted by Gasteiger charge is 2.37. The molecule has 4 heteroatoms. The SMILES string of the molecule is O=C1[C@@H](CO)CC[C@@H]1[C@@H](O)CO. The highest BCUT2D eigenvalue weighted by molar-refractivity contribution is 5.86. The third kappa shape index (κ3) is 1.65. The number of rotatable bonds is 3. The second kappa shape index (κ2) is 3.98. The average Bonchev–Trinajstić information content (AvgIpc) is 2.45. The molecular weight excluding hydrogens is 160 g/mol. The van der Waals surface area contributed by atoms with E-state index in [0.29, 0.717) is 12.8 Å². The molecule has 0 aromatic rings. The van der Waals surface area contributed by atoms with Gasteiger partial charge in [0.1, 0.15) is 5.78 Å². The van der Waals surface area contributed by atoms with Gasteiger partial charge in [0.25, 0.3) is 0 Å². The summed E-state index contributed by atoms with van der Waals surface area (Å²) in [6.07, 6.45) is 0.247. The third-order valence-corrected chi connectivity index (χ3v) is 2.47. The van der Waals surface area contributed by atoms with Crippen molar-refractivity contribution in [3.63, 3.8) is 0 Å². The minimum Gasteiger partial charge on any atom is -0.396 e. The Bertz CT molecular complexity index is 168. The molecule has 0 spiro atoms. The second-order valence-electron chi connectivity index (χ2n) is 3.22. The molecule has 3 N–H and O–H groups in total. The highest BCUT2D eigenvalue weighted by Crippen LogP contribution is 2.29. The van der Waals surface area contributed by atoms with Gasteiger partial charge in [-0.05, 0) is 12.8 Å². The molecule has 0 aromatic heterocycles. The molecule has 0 unspecified atom stereocenters. The normalized spacial score (nSPS) is 32.4. The van der Waals surface area contributed by atoms with Crippen LogP contribution in [0.25, 0.3) is 0 Å². The summed E-state index contributed by atoms with van der Waals surface area (Å²) < 4.78 is 0. The zero-order valence-electron chi connectivity index (χ0n) is 6.81. The lowest BCUT2D eigenvalue weighted by atomic mass is 9.98. The largest absolute Gasteiger partial charge is 0.396 e. The van der Waals surface area contributed by atoms with Crippen LogP contribution in [0.1, 0.15) is 12.8 Å². The maximum atomic E-state index is 11.3. The van der Waals surface area contributed by atoms with Gasteiger partial charge in [-0.1, -0.05) is 0 Å². The maximum Gasteiger partial charge on any atom is 0.144 e. The van der Waals surface area contributed by atoms with E-state index in [-0.39, 0.29) is 24.9 Å². The van der Waals surface area contributed by atoms with Crippen molar-refractivity contribution in [3.05, 3.63) is 0 Å². The van der Waals surface area contributed by atoms with Crippen molar-refractivity contribution in [3.8, 4) is 0 Å².